The van der Waals surface area contributed by atoms with Gasteiger partial charge in [0.2, 0.25) is 11.8 Å². The van der Waals surface area contributed by atoms with Crippen molar-refractivity contribution in [2.24, 2.45) is 11.8 Å². The van der Waals surface area contributed by atoms with Gasteiger partial charge in [-0.1, -0.05) is 64.5 Å². The number of rotatable bonds is 7. The van der Waals surface area contributed by atoms with Crippen molar-refractivity contribution in [1.29, 1.82) is 0 Å². The van der Waals surface area contributed by atoms with Crippen LogP contribution in [0.5, 0.6) is 0 Å². The number of aliphatic hydroxyl groups is 1. The highest BCUT2D eigenvalue weighted by molar-refractivity contribution is 8.00. The fraction of sp³-hybridized carbons (Fsp3) is 0.618. The van der Waals surface area contributed by atoms with Crippen LogP contribution in [0.1, 0.15) is 70.8 Å². The zero-order valence-corrected chi connectivity index (χ0v) is 28.8. The zero-order chi connectivity index (χ0) is 33.8. The van der Waals surface area contributed by atoms with E-state index in [9.17, 15) is 24.3 Å². The third kappa shape index (κ3) is 10.9. The maximum absolute atomic E-state index is 14.0. The number of aromatic nitrogens is 1. The second kappa shape index (κ2) is 18.2. The van der Waals surface area contributed by atoms with E-state index < -0.39 is 30.1 Å². The molecule has 3 rings (SSSR count). The Morgan fingerprint density at radius 2 is 1.91 bits per heavy atom. The number of thioether (sulfide) groups is 1. The molecule has 1 aromatic heterocycles. The lowest BCUT2D eigenvalue weighted by molar-refractivity contribution is -0.157. The van der Waals surface area contributed by atoms with E-state index in [1.54, 1.807) is 43.0 Å². The SMILES string of the molecule is CCN(CC)CCS[C@@H]1CCN2C(=O)c3coc(n3)CC(=O)C[C@H](O)/C=C(C)/C=C/CNC(=O)/C=C/[C@@H](C)[C@@H](C(C)C)OC(=O)[C@@H]12. The highest BCUT2D eigenvalue weighted by Crippen LogP contribution is 2.32. The Balaban J connectivity index is 1.92. The van der Waals surface area contributed by atoms with Crippen LogP contribution in [-0.4, -0.2) is 105 Å². The number of hydrogen-bond acceptors (Lipinski definition) is 10. The number of allylic oxidation sites excluding steroid dienone is 2. The molecule has 0 radical (unpaired) electrons. The molecule has 254 valence electrons. The fourth-order valence-electron chi connectivity index (χ4n) is 5.71. The Morgan fingerprint density at radius 3 is 2.61 bits per heavy atom. The van der Waals surface area contributed by atoms with E-state index in [0.717, 1.165) is 31.0 Å². The van der Waals surface area contributed by atoms with Crippen LogP contribution in [0.15, 0.2) is 46.6 Å². The highest BCUT2D eigenvalue weighted by atomic mass is 32.2. The van der Waals surface area contributed by atoms with Crippen molar-refractivity contribution in [3.8, 4) is 0 Å². The maximum atomic E-state index is 14.0. The van der Waals surface area contributed by atoms with Gasteiger partial charge in [0, 0.05) is 43.0 Å². The van der Waals surface area contributed by atoms with Crippen molar-refractivity contribution in [2.75, 3.05) is 38.5 Å². The minimum Gasteiger partial charge on any atom is -0.460 e. The van der Waals surface area contributed by atoms with E-state index in [1.165, 1.54) is 17.2 Å². The quantitative estimate of drug-likeness (QED) is 0.418. The Bertz CT molecular complexity index is 1290. The Kier molecular flexibility index (Phi) is 14.7. The number of hydrogen-bond donors (Lipinski definition) is 2. The fourth-order valence-corrected chi connectivity index (χ4v) is 7.09. The molecule has 5 atom stereocenters. The van der Waals surface area contributed by atoms with Crippen LogP contribution < -0.4 is 5.32 Å². The number of fused-ring (bicyclic) bond motifs is 3. The molecule has 1 saturated heterocycles. The summed E-state index contributed by atoms with van der Waals surface area (Å²) in [5.74, 6) is -1.01. The van der Waals surface area contributed by atoms with Crippen molar-refractivity contribution in [2.45, 2.75) is 84.3 Å². The van der Waals surface area contributed by atoms with Crippen LogP contribution in [-0.2, 0) is 25.5 Å². The van der Waals surface area contributed by atoms with Gasteiger partial charge in [-0.3, -0.25) is 14.4 Å². The Labute approximate surface area is 276 Å². The largest absolute Gasteiger partial charge is 0.460 e. The summed E-state index contributed by atoms with van der Waals surface area (Å²) in [7, 11) is 0. The molecule has 46 heavy (non-hydrogen) atoms. The topological polar surface area (TPSA) is 142 Å². The molecule has 2 bridgehead atoms. The average Bonchev–Trinajstić information content (AvgIpc) is 3.65. The van der Waals surface area contributed by atoms with Gasteiger partial charge < -0.3 is 29.4 Å². The molecule has 2 amide bonds. The van der Waals surface area contributed by atoms with Gasteiger partial charge in [0.05, 0.1) is 12.5 Å². The first-order valence-electron chi connectivity index (χ1n) is 16.2. The normalized spacial score (nSPS) is 28.4. The van der Waals surface area contributed by atoms with Gasteiger partial charge in [-0.25, -0.2) is 9.78 Å². The van der Waals surface area contributed by atoms with Crippen LogP contribution in [0.4, 0.5) is 0 Å². The average molecular weight is 659 g/mol. The second-order valence-electron chi connectivity index (χ2n) is 12.2. The van der Waals surface area contributed by atoms with E-state index in [-0.39, 0.29) is 59.7 Å². The van der Waals surface area contributed by atoms with Crippen molar-refractivity contribution in [3.63, 3.8) is 0 Å². The monoisotopic (exact) mass is 658 g/mol. The number of ketones is 1. The number of aliphatic hydroxyl groups excluding tert-OH is 1. The number of Topliss-reactive ketones (excluding diaryl/α,β-unsaturated/α-hetero) is 1. The molecule has 2 aliphatic heterocycles. The first-order chi connectivity index (χ1) is 21.9. The number of carbonyl (C=O) groups is 4. The molecule has 1 aromatic rings. The van der Waals surface area contributed by atoms with Gasteiger partial charge >= 0.3 is 5.97 Å². The van der Waals surface area contributed by atoms with Crippen molar-refractivity contribution >= 4 is 35.3 Å². The number of amides is 2. The van der Waals surface area contributed by atoms with Gasteiger partial charge in [0.15, 0.2) is 5.69 Å². The first kappa shape index (κ1) is 37.2. The standard InChI is InChI=1S/C34H50N4O7S/c1-7-37(8-2)16-17-46-28-13-15-38-31(28)34(43)45-32(22(3)4)24(6)11-12-29(41)35-14-9-10-23(5)18-25(39)19-26(40)20-30-36-27(21-44-30)33(38)42/h9-12,18,21-22,24-25,28,31-32,39H,7-8,13-17,19-20H2,1-6H3,(H,35,41)/b10-9+,12-11+,23-18+/t24-,25-,28-,31-,32-/m1/s1. The van der Waals surface area contributed by atoms with Gasteiger partial charge in [-0.15, -0.1) is 0 Å². The summed E-state index contributed by atoms with van der Waals surface area (Å²) >= 11 is 1.66. The van der Waals surface area contributed by atoms with E-state index in [4.69, 9.17) is 9.15 Å². The summed E-state index contributed by atoms with van der Waals surface area (Å²) in [5, 5.41) is 13.0. The lowest BCUT2D eigenvalue weighted by Crippen LogP contribution is -2.47. The third-order valence-electron chi connectivity index (χ3n) is 8.24. The lowest BCUT2D eigenvalue weighted by Gasteiger charge is -2.31. The summed E-state index contributed by atoms with van der Waals surface area (Å²) in [6.07, 6.45) is 8.17. The molecule has 0 spiro atoms. The second-order valence-corrected chi connectivity index (χ2v) is 13.6. The van der Waals surface area contributed by atoms with Gasteiger partial charge in [0.25, 0.3) is 5.91 Å². The number of carbonyl (C=O) groups excluding carboxylic acids is 4. The predicted octanol–water partition coefficient (Wildman–Crippen LogP) is 3.59. The van der Waals surface area contributed by atoms with Crippen molar-refractivity contribution < 1.29 is 33.4 Å². The number of nitrogens with one attached hydrogen (secondary N) is 1. The van der Waals surface area contributed by atoms with Crippen LogP contribution in [0.25, 0.3) is 0 Å². The highest BCUT2D eigenvalue weighted by Gasteiger charge is 2.45. The molecule has 1 fully saturated rings. The van der Waals surface area contributed by atoms with Gasteiger partial charge in [-0.2, -0.15) is 11.8 Å². The lowest BCUT2D eigenvalue weighted by atomic mass is 9.94. The Morgan fingerprint density at radius 1 is 1.17 bits per heavy atom. The number of esters is 1. The third-order valence-corrected chi connectivity index (χ3v) is 9.58. The van der Waals surface area contributed by atoms with Crippen LogP contribution >= 0.6 is 11.8 Å². The van der Waals surface area contributed by atoms with Crippen molar-refractivity contribution in [3.05, 3.63) is 53.8 Å². The van der Waals surface area contributed by atoms with E-state index in [0.29, 0.717) is 13.0 Å². The maximum Gasteiger partial charge on any atom is 0.330 e. The predicted molar refractivity (Wildman–Crippen MR) is 178 cm³/mol. The Hall–Kier alpha value is -3.22. The molecule has 0 unspecified atom stereocenters. The molecule has 0 aliphatic carbocycles. The van der Waals surface area contributed by atoms with Crippen LogP contribution in [0.2, 0.25) is 0 Å². The molecule has 0 saturated carbocycles. The summed E-state index contributed by atoms with van der Waals surface area (Å²) in [5.41, 5.74) is 0.740. The molecule has 3 heterocycles. The zero-order valence-electron chi connectivity index (χ0n) is 27.9. The number of cyclic esters (lactones) is 1. The van der Waals surface area contributed by atoms with E-state index in [1.807, 2.05) is 20.8 Å². The van der Waals surface area contributed by atoms with Crippen LogP contribution in [0, 0.1) is 11.8 Å². The van der Waals surface area contributed by atoms with Crippen molar-refractivity contribution in [1.82, 2.24) is 20.1 Å². The molecule has 0 aromatic carbocycles. The number of ether oxygens (including phenoxy) is 1. The molecule has 2 N–H and O–H groups in total. The summed E-state index contributed by atoms with van der Waals surface area (Å²) in [6, 6.07) is -0.838. The molecule has 12 heteroatoms. The smallest absolute Gasteiger partial charge is 0.330 e. The van der Waals surface area contributed by atoms with Crippen LogP contribution in [0.3, 0.4) is 0 Å². The molecular weight excluding hydrogens is 608 g/mol. The minimum absolute atomic E-state index is 0.0110. The molecule has 2 aliphatic rings. The van der Waals surface area contributed by atoms with E-state index >= 15 is 0 Å². The minimum atomic E-state index is -1.02. The van der Waals surface area contributed by atoms with Gasteiger partial charge in [0.1, 0.15) is 24.2 Å². The summed E-state index contributed by atoms with van der Waals surface area (Å²) < 4.78 is 11.6. The van der Waals surface area contributed by atoms with Gasteiger partial charge in [-0.05, 0) is 38.4 Å². The number of oxazole rings is 1. The summed E-state index contributed by atoms with van der Waals surface area (Å²) in [4.78, 5) is 61.0. The first-order valence-corrected chi connectivity index (χ1v) is 17.3. The molecule has 11 nitrogen and oxygen atoms in total. The molecular formula is C34H50N4O7S. The number of nitrogens with zero attached hydrogens (tertiary/aromatic N) is 3. The van der Waals surface area contributed by atoms with E-state index in [2.05, 4.69) is 29.0 Å². The summed E-state index contributed by atoms with van der Waals surface area (Å²) in [6.45, 7) is 15.2.